The van der Waals surface area contributed by atoms with Crippen LogP contribution in [0.4, 0.5) is 13.2 Å². The van der Waals surface area contributed by atoms with Gasteiger partial charge in [0, 0.05) is 0 Å². The first-order valence-corrected chi connectivity index (χ1v) is 7.92. The molecular formula is C14H19F3O3Si. The highest BCUT2D eigenvalue weighted by Crippen LogP contribution is 2.29. The zero-order chi connectivity index (χ0) is 15.7. The van der Waals surface area contributed by atoms with Crippen LogP contribution in [0.25, 0.3) is 0 Å². The summed E-state index contributed by atoms with van der Waals surface area (Å²) in [6.45, 7) is -1.70. The summed E-state index contributed by atoms with van der Waals surface area (Å²) in [5, 5.41) is 16.9. The van der Waals surface area contributed by atoms with Crippen molar-refractivity contribution in [2.24, 2.45) is 0 Å². The normalized spacial score (nSPS) is 12.1. The maximum Gasteiger partial charge on any atom is 0.416 e. The number of aliphatic hydroxyl groups excluding tert-OH is 1. The van der Waals surface area contributed by atoms with Crippen molar-refractivity contribution in [3.05, 3.63) is 35.4 Å². The molecule has 1 rings (SSSR count). The average Bonchev–Trinajstić information content (AvgIpc) is 2.41. The lowest BCUT2D eigenvalue weighted by atomic mass is 10.0. The maximum atomic E-state index is 12.5. The van der Waals surface area contributed by atoms with E-state index in [0.717, 1.165) is 37.8 Å². The summed E-state index contributed by atoms with van der Waals surface area (Å²) in [5.74, 6) is 0. The predicted molar refractivity (Wildman–Crippen MR) is 73.5 cm³/mol. The first-order valence-electron chi connectivity index (χ1n) is 6.80. The summed E-state index contributed by atoms with van der Waals surface area (Å²) in [7, 11) is 0.0641. The van der Waals surface area contributed by atoms with Gasteiger partial charge in [-0.2, -0.15) is 13.2 Å². The molecule has 0 saturated carbocycles. The maximum absolute atomic E-state index is 12.5. The third-order valence-corrected chi connectivity index (χ3v) is 3.87. The van der Waals surface area contributed by atoms with E-state index in [0.29, 0.717) is 12.0 Å². The number of aliphatic hydroxyl groups is 2. The highest BCUT2D eigenvalue weighted by molar-refractivity contribution is 6.26. The van der Waals surface area contributed by atoms with E-state index in [-0.39, 0.29) is 9.76 Å². The molecule has 2 radical (unpaired) electrons. The quantitative estimate of drug-likeness (QED) is 0.417. The van der Waals surface area contributed by atoms with E-state index < -0.39 is 18.2 Å². The molecule has 0 spiro atoms. The Hall–Kier alpha value is -0.893. The molecule has 0 atom stereocenters. The fourth-order valence-corrected chi connectivity index (χ4v) is 2.58. The summed E-state index contributed by atoms with van der Waals surface area (Å²) in [4.78, 5) is 0. The number of alkyl halides is 3. The topological polar surface area (TPSA) is 49.7 Å². The van der Waals surface area contributed by atoms with Gasteiger partial charge in [0.05, 0.1) is 5.56 Å². The lowest BCUT2D eigenvalue weighted by molar-refractivity contribution is -0.180. The van der Waals surface area contributed by atoms with Crippen molar-refractivity contribution >= 4 is 9.76 Å². The summed E-state index contributed by atoms with van der Waals surface area (Å²) < 4.78 is 42.2. The number of rotatable bonds is 9. The number of halogens is 3. The lowest BCUT2D eigenvalue weighted by Gasteiger charge is -2.08. The monoisotopic (exact) mass is 320 g/mol. The van der Waals surface area contributed by atoms with Gasteiger partial charge in [-0.3, -0.25) is 0 Å². The van der Waals surface area contributed by atoms with E-state index in [4.69, 9.17) is 10.2 Å². The van der Waals surface area contributed by atoms with Crippen molar-refractivity contribution < 1.29 is 27.8 Å². The van der Waals surface area contributed by atoms with Crippen LogP contribution >= 0.6 is 0 Å². The first kappa shape index (κ1) is 18.2. The lowest BCUT2D eigenvalue weighted by Crippen LogP contribution is -2.12. The van der Waals surface area contributed by atoms with E-state index in [1.807, 2.05) is 0 Å². The molecule has 3 nitrogen and oxygen atoms in total. The number of aryl methyl sites for hydroxylation is 1. The molecule has 7 heteroatoms. The zero-order valence-corrected chi connectivity index (χ0v) is 12.6. The standard InChI is InChI=1S/C14H19F3O3Si/c15-14(16,17)12-8-5-7-11(10-12)6-3-1-2-4-9-21-20-13(18)19/h5,7-8,10,13,18-19H,1-4,6,9H2. The molecular weight excluding hydrogens is 301 g/mol. The third-order valence-electron chi connectivity index (χ3n) is 2.94. The minimum atomic E-state index is -4.28. The second-order valence-electron chi connectivity index (χ2n) is 4.70. The Morgan fingerprint density at radius 3 is 2.48 bits per heavy atom. The van der Waals surface area contributed by atoms with Gasteiger partial charge in [0.15, 0.2) is 0 Å². The number of benzene rings is 1. The van der Waals surface area contributed by atoms with Gasteiger partial charge in [-0.05, 0) is 30.5 Å². The molecule has 0 aliphatic carbocycles. The summed E-state index contributed by atoms with van der Waals surface area (Å²) in [6, 6.07) is 6.21. The van der Waals surface area contributed by atoms with Crippen LogP contribution in [0.2, 0.25) is 6.04 Å². The van der Waals surface area contributed by atoms with Gasteiger partial charge in [0.1, 0.15) is 0 Å². The predicted octanol–water partition coefficient (Wildman–Crippen LogP) is 3.13. The molecule has 1 aromatic rings. The molecule has 0 amide bonds. The van der Waals surface area contributed by atoms with Gasteiger partial charge in [0.2, 0.25) is 9.76 Å². The molecule has 0 bridgehead atoms. The second-order valence-corrected chi connectivity index (χ2v) is 5.73. The molecule has 118 valence electrons. The van der Waals surface area contributed by atoms with E-state index in [1.54, 1.807) is 6.07 Å². The van der Waals surface area contributed by atoms with E-state index in [9.17, 15) is 13.2 Å². The van der Waals surface area contributed by atoms with Crippen molar-refractivity contribution in [3.8, 4) is 0 Å². The SMILES string of the molecule is OC(O)O[Si]CCCCCCc1cccc(C(F)(F)F)c1. The van der Waals surface area contributed by atoms with Crippen LogP contribution in [0.15, 0.2) is 24.3 Å². The molecule has 0 saturated heterocycles. The van der Waals surface area contributed by atoms with Crippen LogP contribution in [0.5, 0.6) is 0 Å². The number of unbranched alkanes of at least 4 members (excludes halogenated alkanes) is 3. The van der Waals surface area contributed by atoms with Crippen LogP contribution in [-0.4, -0.2) is 26.5 Å². The van der Waals surface area contributed by atoms with Crippen molar-refractivity contribution in [2.45, 2.75) is 50.8 Å². The van der Waals surface area contributed by atoms with Crippen molar-refractivity contribution in [3.63, 3.8) is 0 Å². The number of hydrogen-bond acceptors (Lipinski definition) is 3. The van der Waals surface area contributed by atoms with Crippen LogP contribution in [0.3, 0.4) is 0 Å². The smallest absolute Gasteiger partial charge is 0.372 e. The molecule has 0 unspecified atom stereocenters. The molecule has 0 aliphatic heterocycles. The van der Waals surface area contributed by atoms with Crippen LogP contribution in [-0.2, 0) is 17.0 Å². The van der Waals surface area contributed by atoms with E-state index in [1.165, 1.54) is 12.1 Å². The van der Waals surface area contributed by atoms with Gasteiger partial charge in [-0.1, -0.05) is 37.5 Å². The average molecular weight is 320 g/mol. The molecule has 0 aliphatic rings. The Balaban J connectivity index is 2.16. The third kappa shape index (κ3) is 8.20. The van der Waals surface area contributed by atoms with Crippen LogP contribution < -0.4 is 0 Å². The second kappa shape index (κ2) is 9.19. The molecule has 0 heterocycles. The molecule has 21 heavy (non-hydrogen) atoms. The van der Waals surface area contributed by atoms with Gasteiger partial charge in [0.25, 0.3) is 6.48 Å². The van der Waals surface area contributed by atoms with Crippen molar-refractivity contribution in [1.82, 2.24) is 0 Å². The first-order chi connectivity index (χ1) is 9.89. The Morgan fingerprint density at radius 1 is 1.10 bits per heavy atom. The summed E-state index contributed by atoms with van der Waals surface area (Å²) >= 11 is 0. The Labute approximate surface area is 124 Å². The van der Waals surface area contributed by atoms with Crippen LogP contribution in [0.1, 0.15) is 36.8 Å². The van der Waals surface area contributed by atoms with Gasteiger partial charge in [-0.25, -0.2) is 0 Å². The summed E-state index contributed by atoms with van der Waals surface area (Å²) in [5.41, 5.74) is 0.111. The van der Waals surface area contributed by atoms with Crippen molar-refractivity contribution in [2.75, 3.05) is 0 Å². The molecule has 2 N–H and O–H groups in total. The zero-order valence-electron chi connectivity index (χ0n) is 11.6. The fourth-order valence-electron chi connectivity index (χ4n) is 1.92. The minimum absolute atomic E-state index is 0.0641. The largest absolute Gasteiger partial charge is 0.416 e. The highest BCUT2D eigenvalue weighted by atomic mass is 28.2. The Morgan fingerprint density at radius 2 is 1.81 bits per heavy atom. The van der Waals surface area contributed by atoms with Gasteiger partial charge >= 0.3 is 6.18 Å². The Bertz CT molecular complexity index is 411. The highest BCUT2D eigenvalue weighted by Gasteiger charge is 2.30. The fraction of sp³-hybridized carbons (Fsp3) is 0.571. The number of hydrogen-bond donors (Lipinski definition) is 2. The summed E-state index contributed by atoms with van der Waals surface area (Å²) in [6.07, 6.45) is -0.00677. The minimum Gasteiger partial charge on any atom is -0.372 e. The van der Waals surface area contributed by atoms with Crippen LogP contribution in [0, 0.1) is 0 Å². The Kier molecular flexibility index (Phi) is 7.95. The van der Waals surface area contributed by atoms with E-state index >= 15 is 0 Å². The van der Waals surface area contributed by atoms with Crippen molar-refractivity contribution in [1.29, 1.82) is 0 Å². The molecule has 0 fully saturated rings. The van der Waals surface area contributed by atoms with Gasteiger partial charge in [-0.15, -0.1) is 0 Å². The molecule has 1 aromatic carbocycles. The molecule has 0 aromatic heterocycles. The van der Waals surface area contributed by atoms with Gasteiger partial charge < -0.3 is 14.6 Å². The van der Waals surface area contributed by atoms with E-state index in [2.05, 4.69) is 4.43 Å².